The van der Waals surface area contributed by atoms with Crippen LogP contribution in [0.2, 0.25) is 0 Å². The van der Waals surface area contributed by atoms with E-state index in [1.54, 1.807) is 20.8 Å². The molecule has 0 unspecified atom stereocenters. The average molecular weight is 372 g/mol. The van der Waals surface area contributed by atoms with Crippen LogP contribution >= 0.6 is 11.3 Å². The number of amides is 2. The second-order valence-electron chi connectivity index (χ2n) is 5.69. The number of carbonyl (C=O) groups excluding carboxylic acids is 2. The molecule has 0 fully saturated rings. The van der Waals surface area contributed by atoms with Gasteiger partial charge in [0.05, 0.1) is 0 Å². The lowest BCUT2D eigenvalue weighted by Gasteiger charge is -2.19. The highest BCUT2D eigenvalue weighted by molar-refractivity contribution is 7.14. The van der Waals surface area contributed by atoms with E-state index >= 15 is 0 Å². The maximum absolute atomic E-state index is 11.8. The summed E-state index contributed by atoms with van der Waals surface area (Å²) in [5.74, 6) is -1.69. The van der Waals surface area contributed by atoms with Gasteiger partial charge in [0.2, 0.25) is 11.6 Å². The fourth-order valence-corrected chi connectivity index (χ4v) is 2.21. The van der Waals surface area contributed by atoms with Crippen molar-refractivity contribution >= 4 is 40.1 Å². The summed E-state index contributed by atoms with van der Waals surface area (Å²) < 4.78 is 5.04. The lowest BCUT2D eigenvalue weighted by Crippen LogP contribution is -2.34. The number of rotatable bonds is 7. The van der Waals surface area contributed by atoms with Crippen LogP contribution in [0.15, 0.2) is 10.5 Å². The van der Waals surface area contributed by atoms with E-state index in [0.29, 0.717) is 0 Å². The molecule has 1 rings (SSSR count). The van der Waals surface area contributed by atoms with Gasteiger partial charge in [-0.15, -0.1) is 11.3 Å². The summed E-state index contributed by atoms with van der Waals surface area (Å²) in [7, 11) is 1.22. The molecule has 0 saturated heterocycles. The Kier molecular flexibility index (Phi) is 7.30. The summed E-state index contributed by atoms with van der Waals surface area (Å²) in [4.78, 5) is 42.7. The van der Waals surface area contributed by atoms with Crippen molar-refractivity contribution in [2.24, 2.45) is 5.16 Å². The van der Waals surface area contributed by atoms with Crippen molar-refractivity contribution < 1.29 is 29.1 Å². The number of carboxylic acids is 1. The molecule has 1 heterocycles. The maximum Gasteiger partial charge on any atom is 0.407 e. The molecule has 1 aromatic rings. The number of carboxylic acid groups (broad SMARTS) is 1. The second kappa shape index (κ2) is 8.97. The second-order valence-corrected chi connectivity index (χ2v) is 6.55. The van der Waals surface area contributed by atoms with Crippen molar-refractivity contribution in [2.45, 2.75) is 32.8 Å². The van der Waals surface area contributed by atoms with Crippen LogP contribution in [0, 0.1) is 0 Å². The number of hydrogen-bond acceptors (Lipinski definition) is 8. The van der Waals surface area contributed by atoms with Gasteiger partial charge in [0, 0.05) is 18.3 Å². The van der Waals surface area contributed by atoms with Crippen LogP contribution in [0.3, 0.4) is 0 Å². The largest absolute Gasteiger partial charge is 0.476 e. The summed E-state index contributed by atoms with van der Waals surface area (Å²) in [6.45, 7) is 5.29. The molecule has 2 amide bonds. The van der Waals surface area contributed by atoms with Gasteiger partial charge in [-0.25, -0.2) is 14.6 Å². The molecule has 0 atom stereocenters. The van der Waals surface area contributed by atoms with Crippen LogP contribution in [0.1, 0.15) is 32.9 Å². The molecule has 0 aliphatic heterocycles. The van der Waals surface area contributed by atoms with Crippen LogP contribution in [0.5, 0.6) is 0 Å². The zero-order valence-corrected chi connectivity index (χ0v) is 15.1. The molecule has 0 aromatic carbocycles. The van der Waals surface area contributed by atoms with Crippen molar-refractivity contribution in [3.8, 4) is 0 Å². The zero-order valence-electron chi connectivity index (χ0n) is 14.3. The third kappa shape index (κ3) is 7.61. The fourth-order valence-electron chi connectivity index (χ4n) is 1.50. The van der Waals surface area contributed by atoms with E-state index in [-0.39, 0.29) is 29.5 Å². The standard InChI is InChI=1S/C14H20N4O6S/c1-14(2,3)24-13(22)15-6-5-9(19)17-12-16-8(7-25-12)10(11(20)21)18-23-4/h7H,5-6H2,1-4H3,(H,15,22)(H,20,21)(H,16,17,19)/b18-10-. The number of alkyl carbamates (subject to hydrolysis) is 1. The molecule has 0 aliphatic carbocycles. The number of hydrogen-bond donors (Lipinski definition) is 3. The molecule has 138 valence electrons. The Morgan fingerprint density at radius 1 is 1.36 bits per heavy atom. The molecule has 10 nitrogen and oxygen atoms in total. The van der Waals surface area contributed by atoms with Gasteiger partial charge in [-0.1, -0.05) is 5.16 Å². The summed E-state index contributed by atoms with van der Waals surface area (Å²) in [5, 5.41) is 19.0. The van der Waals surface area contributed by atoms with Gasteiger partial charge in [0.1, 0.15) is 18.4 Å². The van der Waals surface area contributed by atoms with E-state index in [1.165, 1.54) is 12.5 Å². The van der Waals surface area contributed by atoms with Gasteiger partial charge >= 0.3 is 12.1 Å². The molecule has 11 heteroatoms. The smallest absolute Gasteiger partial charge is 0.407 e. The molecule has 0 bridgehead atoms. The normalized spacial score (nSPS) is 11.6. The van der Waals surface area contributed by atoms with Crippen molar-refractivity contribution in [1.29, 1.82) is 0 Å². The molecule has 25 heavy (non-hydrogen) atoms. The number of oxime groups is 1. The first-order valence-corrected chi connectivity index (χ1v) is 8.07. The zero-order chi connectivity index (χ0) is 19.0. The van der Waals surface area contributed by atoms with Crippen LogP contribution in [0.4, 0.5) is 9.93 Å². The first-order chi connectivity index (χ1) is 11.6. The minimum atomic E-state index is -1.30. The number of thiazole rings is 1. The number of aromatic nitrogens is 1. The van der Waals surface area contributed by atoms with E-state index < -0.39 is 23.6 Å². The van der Waals surface area contributed by atoms with Crippen molar-refractivity contribution in [2.75, 3.05) is 19.0 Å². The first-order valence-electron chi connectivity index (χ1n) is 7.19. The van der Waals surface area contributed by atoms with Gasteiger partial charge in [0.25, 0.3) is 0 Å². The highest BCUT2D eigenvalue weighted by Gasteiger charge is 2.19. The van der Waals surface area contributed by atoms with Crippen molar-refractivity contribution in [1.82, 2.24) is 10.3 Å². The van der Waals surface area contributed by atoms with Crippen molar-refractivity contribution in [3.63, 3.8) is 0 Å². The Morgan fingerprint density at radius 3 is 2.60 bits per heavy atom. The van der Waals surface area contributed by atoms with Crippen molar-refractivity contribution in [3.05, 3.63) is 11.1 Å². The van der Waals surface area contributed by atoms with Crippen LogP contribution in [-0.2, 0) is 19.2 Å². The predicted molar refractivity (Wildman–Crippen MR) is 90.8 cm³/mol. The first kappa shape index (κ1) is 20.4. The van der Waals surface area contributed by atoms with E-state index in [9.17, 15) is 14.4 Å². The van der Waals surface area contributed by atoms with Crippen LogP contribution in [-0.4, -0.2) is 53.0 Å². The number of nitrogens with one attached hydrogen (secondary N) is 2. The predicted octanol–water partition coefficient (Wildman–Crippen LogP) is 1.43. The highest BCUT2D eigenvalue weighted by atomic mass is 32.1. The molecule has 0 radical (unpaired) electrons. The Morgan fingerprint density at radius 2 is 2.04 bits per heavy atom. The quantitative estimate of drug-likeness (QED) is 0.486. The SMILES string of the molecule is CO/N=C(\C(=O)O)c1csc(NC(=O)CCNC(=O)OC(C)(C)C)n1. The molecule has 1 aromatic heterocycles. The Balaban J connectivity index is 2.50. The lowest BCUT2D eigenvalue weighted by atomic mass is 10.2. The lowest BCUT2D eigenvalue weighted by molar-refractivity contribution is -0.129. The van der Waals surface area contributed by atoms with Gasteiger partial charge in [-0.3, -0.25) is 4.79 Å². The number of nitrogens with zero attached hydrogens (tertiary/aromatic N) is 2. The minimum absolute atomic E-state index is 0.00606. The topological polar surface area (TPSA) is 139 Å². The number of anilines is 1. The monoisotopic (exact) mass is 372 g/mol. The Bertz CT molecular complexity index is 665. The van der Waals surface area contributed by atoms with Gasteiger partial charge < -0.3 is 25.3 Å². The van der Waals surface area contributed by atoms with E-state index in [4.69, 9.17) is 9.84 Å². The van der Waals surface area contributed by atoms with Gasteiger partial charge in [-0.05, 0) is 20.8 Å². The molecule has 3 N–H and O–H groups in total. The van der Waals surface area contributed by atoms with Crippen LogP contribution < -0.4 is 10.6 Å². The van der Waals surface area contributed by atoms with Gasteiger partial charge in [0.15, 0.2) is 5.13 Å². The fraction of sp³-hybridized carbons (Fsp3) is 0.500. The number of aliphatic carboxylic acids is 1. The summed E-state index contributed by atoms with van der Waals surface area (Å²) in [6, 6.07) is 0. The summed E-state index contributed by atoms with van der Waals surface area (Å²) in [5.41, 5.74) is -0.915. The highest BCUT2D eigenvalue weighted by Crippen LogP contribution is 2.16. The van der Waals surface area contributed by atoms with Crippen LogP contribution in [0.25, 0.3) is 0 Å². The molecular weight excluding hydrogens is 352 g/mol. The summed E-state index contributed by atoms with van der Waals surface area (Å²) in [6.07, 6.45) is -0.606. The third-order valence-electron chi connectivity index (χ3n) is 2.40. The molecule has 0 aliphatic rings. The van der Waals surface area contributed by atoms with E-state index in [0.717, 1.165) is 11.3 Å². The van der Waals surface area contributed by atoms with E-state index in [1.807, 2.05) is 0 Å². The Hall–Kier alpha value is -2.69. The molecular formula is C14H20N4O6S. The average Bonchev–Trinajstić information content (AvgIpc) is 2.90. The molecule has 0 spiro atoms. The molecule has 0 saturated carbocycles. The van der Waals surface area contributed by atoms with Gasteiger partial charge in [-0.2, -0.15) is 0 Å². The third-order valence-corrected chi connectivity index (χ3v) is 3.16. The van der Waals surface area contributed by atoms with E-state index in [2.05, 4.69) is 25.6 Å². The summed E-state index contributed by atoms with van der Waals surface area (Å²) >= 11 is 1.04. The number of carbonyl (C=O) groups is 3. The Labute approximate surface area is 148 Å². The maximum atomic E-state index is 11.8. The number of ether oxygens (including phenoxy) is 1. The minimum Gasteiger partial charge on any atom is -0.476 e.